The second-order valence-electron chi connectivity index (χ2n) is 6.65. The number of nitrogen functional groups attached to an aromatic ring is 1. The van der Waals surface area contributed by atoms with Crippen LogP contribution in [0.25, 0.3) is 0 Å². The Balaban J connectivity index is 1.71. The number of nitrogens with one attached hydrogen (secondary N) is 1. The zero-order valence-electron chi connectivity index (χ0n) is 14.9. The topological polar surface area (TPSA) is 120 Å². The molecule has 3 N–H and O–H groups in total. The van der Waals surface area contributed by atoms with Crippen LogP contribution in [0, 0.1) is 16.0 Å². The molecule has 0 bridgehead atoms. The third-order valence-corrected chi connectivity index (χ3v) is 4.69. The number of nitrogens with two attached hydrogens (primary N) is 1. The smallest absolute Gasteiger partial charge is 0.292 e. The number of hydrogen-bond acceptors (Lipinski definition) is 6. The average molecular weight is 370 g/mol. The molecule has 142 valence electrons. The molecule has 0 atom stereocenters. The Morgan fingerprint density at radius 1 is 1.30 bits per heavy atom. The number of aromatic nitrogens is 1. The van der Waals surface area contributed by atoms with Crippen LogP contribution in [0.4, 0.5) is 17.2 Å². The number of anilines is 2. The van der Waals surface area contributed by atoms with Gasteiger partial charge in [0.1, 0.15) is 5.69 Å². The quantitative estimate of drug-likeness (QED) is 0.453. The fourth-order valence-electron chi connectivity index (χ4n) is 3.19. The molecule has 0 spiro atoms. The largest absolute Gasteiger partial charge is 0.489 e. The van der Waals surface area contributed by atoms with Crippen LogP contribution in [0.2, 0.25) is 0 Å². The fraction of sp³-hybridized carbons (Fsp3) is 0.368. The van der Waals surface area contributed by atoms with Crippen LogP contribution >= 0.6 is 0 Å². The molecule has 1 heterocycles. The lowest BCUT2D eigenvalue weighted by molar-refractivity contribution is -0.383. The van der Waals surface area contributed by atoms with Crippen molar-refractivity contribution < 1.29 is 14.5 Å². The molecule has 0 saturated heterocycles. The Kier molecular flexibility index (Phi) is 5.85. The van der Waals surface area contributed by atoms with Gasteiger partial charge < -0.3 is 15.8 Å². The molecule has 1 aromatic carbocycles. The van der Waals surface area contributed by atoms with Gasteiger partial charge in [-0.3, -0.25) is 14.9 Å². The molecule has 8 nitrogen and oxygen atoms in total. The summed E-state index contributed by atoms with van der Waals surface area (Å²) in [6, 6.07) is 7.40. The number of carbonyl (C=O) groups is 1. The highest BCUT2D eigenvalue weighted by atomic mass is 16.6. The summed E-state index contributed by atoms with van der Waals surface area (Å²) in [7, 11) is 0. The second kappa shape index (κ2) is 8.48. The predicted octanol–water partition coefficient (Wildman–Crippen LogP) is 3.78. The van der Waals surface area contributed by atoms with Gasteiger partial charge in [-0.1, -0.05) is 19.3 Å². The SMILES string of the molecule is Nc1ccc(C(=O)Nc2ncccc2OCC2CCCCC2)cc1[N+](=O)[O-]. The molecule has 1 aromatic heterocycles. The lowest BCUT2D eigenvalue weighted by Crippen LogP contribution is -2.18. The van der Waals surface area contributed by atoms with Gasteiger partial charge in [0.2, 0.25) is 0 Å². The summed E-state index contributed by atoms with van der Waals surface area (Å²) < 4.78 is 5.89. The maximum Gasteiger partial charge on any atom is 0.292 e. The molecule has 1 fully saturated rings. The fourth-order valence-corrected chi connectivity index (χ4v) is 3.19. The number of carbonyl (C=O) groups excluding carboxylic acids is 1. The van der Waals surface area contributed by atoms with Crippen molar-refractivity contribution in [2.24, 2.45) is 5.92 Å². The lowest BCUT2D eigenvalue weighted by atomic mass is 9.90. The maximum absolute atomic E-state index is 12.5. The Labute approximate surface area is 156 Å². The van der Waals surface area contributed by atoms with Crippen LogP contribution in [0.15, 0.2) is 36.5 Å². The molecule has 1 amide bonds. The van der Waals surface area contributed by atoms with Gasteiger partial charge in [-0.25, -0.2) is 4.98 Å². The number of nitrogens with zero attached hydrogens (tertiary/aromatic N) is 2. The number of nitro groups is 1. The van der Waals surface area contributed by atoms with Crippen LogP contribution in [-0.2, 0) is 0 Å². The summed E-state index contributed by atoms with van der Waals surface area (Å²) in [5.74, 6) is 0.778. The van der Waals surface area contributed by atoms with Crippen molar-refractivity contribution in [1.82, 2.24) is 4.98 Å². The van der Waals surface area contributed by atoms with Crippen LogP contribution in [0.1, 0.15) is 42.5 Å². The Bertz CT molecular complexity index is 834. The molecule has 0 radical (unpaired) electrons. The van der Waals surface area contributed by atoms with Gasteiger partial charge in [0.05, 0.1) is 11.5 Å². The van der Waals surface area contributed by atoms with Crippen molar-refractivity contribution in [2.45, 2.75) is 32.1 Å². The van der Waals surface area contributed by atoms with Gasteiger partial charge in [0.15, 0.2) is 11.6 Å². The number of rotatable bonds is 6. The number of benzene rings is 1. The summed E-state index contributed by atoms with van der Waals surface area (Å²) in [6.07, 6.45) is 7.57. The lowest BCUT2D eigenvalue weighted by Gasteiger charge is -2.22. The summed E-state index contributed by atoms with van der Waals surface area (Å²) in [5.41, 5.74) is 5.39. The first kappa shape index (κ1) is 18.6. The normalized spacial score (nSPS) is 14.5. The zero-order valence-corrected chi connectivity index (χ0v) is 14.9. The number of pyridine rings is 1. The van der Waals surface area contributed by atoms with Crippen LogP contribution in [0.5, 0.6) is 5.75 Å². The number of ether oxygens (including phenoxy) is 1. The third kappa shape index (κ3) is 4.72. The van der Waals surface area contributed by atoms with Crippen molar-refractivity contribution in [1.29, 1.82) is 0 Å². The van der Waals surface area contributed by atoms with Gasteiger partial charge in [0, 0.05) is 17.8 Å². The summed E-state index contributed by atoms with van der Waals surface area (Å²) in [6.45, 7) is 0.585. The molecule has 1 aliphatic carbocycles. The summed E-state index contributed by atoms with van der Waals surface area (Å²) >= 11 is 0. The maximum atomic E-state index is 12.5. The van der Waals surface area contributed by atoms with Crippen molar-refractivity contribution in [2.75, 3.05) is 17.7 Å². The van der Waals surface area contributed by atoms with Crippen LogP contribution < -0.4 is 15.8 Å². The van der Waals surface area contributed by atoms with Crippen LogP contribution in [-0.4, -0.2) is 22.4 Å². The molecule has 1 aliphatic rings. The van der Waals surface area contributed by atoms with E-state index in [1.54, 1.807) is 18.3 Å². The molecular weight excluding hydrogens is 348 g/mol. The van der Waals surface area contributed by atoms with Crippen molar-refractivity contribution in [3.63, 3.8) is 0 Å². The average Bonchev–Trinajstić information content (AvgIpc) is 2.68. The summed E-state index contributed by atoms with van der Waals surface area (Å²) in [4.78, 5) is 27.0. The molecule has 1 saturated carbocycles. The second-order valence-corrected chi connectivity index (χ2v) is 6.65. The Morgan fingerprint density at radius 2 is 2.07 bits per heavy atom. The molecule has 2 aromatic rings. The monoisotopic (exact) mass is 370 g/mol. The van der Waals surface area contributed by atoms with Gasteiger partial charge in [0.25, 0.3) is 11.6 Å². The van der Waals surface area contributed by atoms with Gasteiger partial charge in [-0.15, -0.1) is 0 Å². The van der Waals surface area contributed by atoms with E-state index < -0.39 is 10.8 Å². The van der Waals surface area contributed by atoms with Gasteiger partial charge in [-0.2, -0.15) is 0 Å². The Hall–Kier alpha value is -3.16. The van der Waals surface area contributed by atoms with E-state index in [0.29, 0.717) is 18.3 Å². The minimum atomic E-state index is -0.619. The molecular formula is C19H22N4O4. The zero-order chi connectivity index (χ0) is 19.2. The van der Waals surface area contributed by atoms with E-state index in [4.69, 9.17) is 10.5 Å². The highest BCUT2D eigenvalue weighted by Gasteiger charge is 2.18. The van der Waals surface area contributed by atoms with Gasteiger partial charge >= 0.3 is 0 Å². The van der Waals surface area contributed by atoms with E-state index in [-0.39, 0.29) is 22.8 Å². The van der Waals surface area contributed by atoms with Gasteiger partial charge in [-0.05, 0) is 43.0 Å². The first-order valence-corrected chi connectivity index (χ1v) is 8.97. The predicted molar refractivity (Wildman–Crippen MR) is 102 cm³/mol. The van der Waals surface area contributed by atoms with Crippen LogP contribution in [0.3, 0.4) is 0 Å². The minimum Gasteiger partial charge on any atom is -0.489 e. The first-order valence-electron chi connectivity index (χ1n) is 8.97. The molecule has 0 unspecified atom stereocenters. The molecule has 27 heavy (non-hydrogen) atoms. The van der Waals surface area contributed by atoms with E-state index in [1.165, 1.54) is 31.4 Å². The van der Waals surface area contributed by atoms with E-state index in [0.717, 1.165) is 18.9 Å². The summed E-state index contributed by atoms with van der Waals surface area (Å²) in [5, 5.41) is 13.7. The van der Waals surface area contributed by atoms with E-state index in [9.17, 15) is 14.9 Å². The minimum absolute atomic E-state index is 0.00545. The molecule has 8 heteroatoms. The van der Waals surface area contributed by atoms with Crippen molar-refractivity contribution in [3.05, 3.63) is 52.2 Å². The third-order valence-electron chi connectivity index (χ3n) is 4.69. The standard InChI is InChI=1S/C19H22N4O4/c20-15-9-8-14(11-16(15)23(25)26)19(24)22-18-17(7-4-10-21-18)27-12-13-5-2-1-3-6-13/h4,7-11,13H,1-3,5-6,12,20H2,(H,21,22,24). The number of hydrogen-bond donors (Lipinski definition) is 2. The van der Waals surface area contributed by atoms with Crippen molar-refractivity contribution in [3.8, 4) is 5.75 Å². The van der Waals surface area contributed by atoms with E-state index in [2.05, 4.69) is 10.3 Å². The Morgan fingerprint density at radius 3 is 2.81 bits per heavy atom. The van der Waals surface area contributed by atoms with Crippen molar-refractivity contribution >= 4 is 23.1 Å². The molecule has 0 aliphatic heterocycles. The first-order chi connectivity index (χ1) is 13.0. The molecule has 3 rings (SSSR count). The highest BCUT2D eigenvalue weighted by molar-refractivity contribution is 6.05. The number of nitro benzene ring substituents is 1. The number of amides is 1. The van der Waals surface area contributed by atoms with E-state index in [1.807, 2.05) is 0 Å². The van der Waals surface area contributed by atoms with E-state index >= 15 is 0 Å². The highest BCUT2D eigenvalue weighted by Crippen LogP contribution is 2.28.